The number of carbonyl (C=O) groups is 1. The largest absolute Gasteiger partial charge is 0.478 e. The number of carboxylic acids is 1. The first-order valence-electron chi connectivity index (χ1n) is 6.13. The monoisotopic (exact) mass is 319 g/mol. The van der Waals surface area contributed by atoms with Gasteiger partial charge in [-0.1, -0.05) is 35.5 Å². The van der Waals surface area contributed by atoms with Crippen LogP contribution in [0.2, 0.25) is 5.02 Å². The maximum Gasteiger partial charge on any atom is 0.335 e. The second-order valence-electron chi connectivity index (χ2n) is 4.38. The maximum atomic E-state index is 10.8. The van der Waals surface area contributed by atoms with Crippen molar-refractivity contribution in [1.29, 1.82) is 0 Å². The van der Waals surface area contributed by atoms with E-state index in [-0.39, 0.29) is 5.56 Å². The number of thioether (sulfide) groups is 1. The number of aromatic nitrogens is 1. The molecule has 0 aliphatic carbocycles. The topological polar surface area (TPSA) is 63.3 Å². The van der Waals surface area contributed by atoms with Crippen molar-refractivity contribution in [2.75, 3.05) is 0 Å². The van der Waals surface area contributed by atoms with Crippen LogP contribution in [0.15, 0.2) is 52.1 Å². The Kier molecular flexibility index (Phi) is 3.86. The highest BCUT2D eigenvalue weighted by Gasteiger charge is 2.08. The summed E-state index contributed by atoms with van der Waals surface area (Å²) in [6.07, 6.45) is 0. The lowest BCUT2D eigenvalue weighted by atomic mass is 10.1. The molecular weight excluding hydrogens is 310 g/mol. The number of hydrogen-bond donors (Lipinski definition) is 1. The maximum absolute atomic E-state index is 10.8. The van der Waals surface area contributed by atoms with Crippen LogP contribution in [0, 0.1) is 0 Å². The summed E-state index contributed by atoms with van der Waals surface area (Å²) in [7, 11) is 0. The number of halogens is 1. The van der Waals surface area contributed by atoms with Gasteiger partial charge >= 0.3 is 5.97 Å². The van der Waals surface area contributed by atoms with Gasteiger partial charge in [-0.25, -0.2) is 9.78 Å². The van der Waals surface area contributed by atoms with Gasteiger partial charge in [0.15, 0.2) is 5.58 Å². The number of benzene rings is 2. The standard InChI is InChI=1S/C15H10ClNO3S/c16-11-5-6-12-13(7-11)20-15(17-12)21-8-9-1-3-10(4-2-9)14(18)19/h1-7H,8H2,(H,18,19). The van der Waals surface area contributed by atoms with E-state index >= 15 is 0 Å². The van der Waals surface area contributed by atoms with Crippen LogP contribution in [-0.4, -0.2) is 16.1 Å². The van der Waals surface area contributed by atoms with E-state index in [0.717, 1.165) is 11.1 Å². The Bertz CT molecular complexity index is 798. The second-order valence-corrected chi connectivity index (χ2v) is 5.75. The molecule has 6 heteroatoms. The van der Waals surface area contributed by atoms with Crippen LogP contribution in [0.3, 0.4) is 0 Å². The molecule has 0 amide bonds. The van der Waals surface area contributed by atoms with Crippen molar-refractivity contribution in [1.82, 2.24) is 4.98 Å². The second kappa shape index (κ2) is 5.79. The molecule has 3 aromatic rings. The lowest BCUT2D eigenvalue weighted by Gasteiger charge is -1.99. The fraction of sp³-hybridized carbons (Fsp3) is 0.0667. The minimum atomic E-state index is -0.926. The molecule has 2 aromatic carbocycles. The quantitative estimate of drug-likeness (QED) is 0.719. The smallest absolute Gasteiger partial charge is 0.335 e. The highest BCUT2D eigenvalue weighted by atomic mass is 35.5. The van der Waals surface area contributed by atoms with E-state index in [4.69, 9.17) is 21.1 Å². The van der Waals surface area contributed by atoms with Crippen molar-refractivity contribution >= 4 is 40.4 Å². The van der Waals surface area contributed by atoms with Crippen LogP contribution in [0.1, 0.15) is 15.9 Å². The SMILES string of the molecule is O=C(O)c1ccc(CSc2nc3ccc(Cl)cc3o2)cc1. The molecule has 0 fully saturated rings. The van der Waals surface area contributed by atoms with Gasteiger partial charge in [0, 0.05) is 16.8 Å². The lowest BCUT2D eigenvalue weighted by Crippen LogP contribution is -1.95. The average molecular weight is 320 g/mol. The molecule has 0 bridgehead atoms. The normalized spacial score (nSPS) is 10.9. The average Bonchev–Trinajstić information content (AvgIpc) is 2.87. The van der Waals surface area contributed by atoms with Gasteiger partial charge in [0.1, 0.15) is 5.52 Å². The Morgan fingerprint density at radius 2 is 2.00 bits per heavy atom. The molecule has 0 saturated carbocycles. The number of carboxylic acid groups (broad SMARTS) is 1. The van der Waals surface area contributed by atoms with Gasteiger partial charge in [-0.15, -0.1) is 0 Å². The summed E-state index contributed by atoms with van der Waals surface area (Å²) >= 11 is 7.35. The number of aromatic carboxylic acids is 1. The molecule has 0 atom stereocenters. The van der Waals surface area contributed by atoms with Gasteiger partial charge in [-0.3, -0.25) is 0 Å². The Hall–Kier alpha value is -1.98. The summed E-state index contributed by atoms with van der Waals surface area (Å²) in [5, 5.41) is 10.0. The van der Waals surface area contributed by atoms with Crippen LogP contribution in [0.25, 0.3) is 11.1 Å². The van der Waals surface area contributed by atoms with Gasteiger partial charge < -0.3 is 9.52 Å². The molecule has 106 valence electrons. The Morgan fingerprint density at radius 3 is 2.71 bits per heavy atom. The fourth-order valence-electron chi connectivity index (χ4n) is 1.83. The minimum absolute atomic E-state index is 0.278. The van der Waals surface area contributed by atoms with Crippen molar-refractivity contribution in [2.24, 2.45) is 0 Å². The Labute approximate surface area is 129 Å². The van der Waals surface area contributed by atoms with Crippen LogP contribution in [-0.2, 0) is 5.75 Å². The van der Waals surface area contributed by atoms with E-state index in [1.807, 2.05) is 6.07 Å². The summed E-state index contributed by atoms with van der Waals surface area (Å²) < 4.78 is 5.61. The molecular formula is C15H10ClNO3S. The third-order valence-electron chi connectivity index (χ3n) is 2.89. The molecule has 21 heavy (non-hydrogen) atoms. The first kappa shape index (κ1) is 14.0. The summed E-state index contributed by atoms with van der Waals surface area (Å²) in [4.78, 5) is 15.1. The number of rotatable bonds is 4. The molecule has 4 nitrogen and oxygen atoms in total. The van der Waals surface area contributed by atoms with Gasteiger partial charge in [0.2, 0.25) is 0 Å². The van der Waals surface area contributed by atoms with Gasteiger partial charge in [-0.2, -0.15) is 0 Å². The summed E-state index contributed by atoms with van der Waals surface area (Å²) in [6.45, 7) is 0. The van der Waals surface area contributed by atoms with Crippen LogP contribution in [0.5, 0.6) is 0 Å². The zero-order valence-electron chi connectivity index (χ0n) is 10.7. The summed E-state index contributed by atoms with van der Waals surface area (Å²) in [6, 6.07) is 12.1. The zero-order chi connectivity index (χ0) is 14.8. The molecule has 1 heterocycles. The molecule has 0 aliphatic heterocycles. The van der Waals surface area contributed by atoms with Gasteiger partial charge in [-0.05, 0) is 29.8 Å². The number of nitrogens with zero attached hydrogens (tertiary/aromatic N) is 1. The van der Waals surface area contributed by atoms with Gasteiger partial charge in [0.25, 0.3) is 5.22 Å². The number of hydrogen-bond acceptors (Lipinski definition) is 4. The molecule has 0 unspecified atom stereocenters. The molecule has 0 radical (unpaired) electrons. The molecule has 1 aromatic heterocycles. The minimum Gasteiger partial charge on any atom is -0.478 e. The van der Waals surface area contributed by atoms with E-state index in [2.05, 4.69) is 4.98 Å². The van der Waals surface area contributed by atoms with Crippen LogP contribution in [0.4, 0.5) is 0 Å². The van der Waals surface area contributed by atoms with E-state index in [1.54, 1.807) is 36.4 Å². The summed E-state index contributed by atoms with van der Waals surface area (Å²) in [5.74, 6) is -0.273. The first-order valence-corrected chi connectivity index (χ1v) is 7.49. The predicted molar refractivity (Wildman–Crippen MR) is 82.0 cm³/mol. The van der Waals surface area contributed by atoms with Crippen molar-refractivity contribution in [2.45, 2.75) is 11.0 Å². The molecule has 0 spiro atoms. The van der Waals surface area contributed by atoms with Crippen molar-refractivity contribution < 1.29 is 14.3 Å². The molecule has 0 aliphatic rings. The van der Waals surface area contributed by atoms with Crippen LogP contribution >= 0.6 is 23.4 Å². The predicted octanol–water partition coefficient (Wildman–Crippen LogP) is 4.47. The third-order valence-corrected chi connectivity index (χ3v) is 4.03. The molecule has 1 N–H and O–H groups in total. The first-order chi connectivity index (χ1) is 10.1. The van der Waals surface area contributed by atoms with E-state index in [0.29, 0.717) is 21.6 Å². The molecule has 3 rings (SSSR count). The van der Waals surface area contributed by atoms with Crippen molar-refractivity contribution in [3.8, 4) is 0 Å². The zero-order valence-corrected chi connectivity index (χ0v) is 12.3. The van der Waals surface area contributed by atoms with Crippen molar-refractivity contribution in [3.63, 3.8) is 0 Å². The van der Waals surface area contributed by atoms with E-state index < -0.39 is 5.97 Å². The highest BCUT2D eigenvalue weighted by molar-refractivity contribution is 7.98. The van der Waals surface area contributed by atoms with Gasteiger partial charge in [0.05, 0.1) is 5.56 Å². The Balaban J connectivity index is 1.72. The number of fused-ring (bicyclic) bond motifs is 1. The highest BCUT2D eigenvalue weighted by Crippen LogP contribution is 2.27. The molecule has 0 saturated heterocycles. The van der Waals surface area contributed by atoms with E-state index in [1.165, 1.54) is 11.8 Å². The fourth-order valence-corrected chi connectivity index (χ4v) is 2.78. The third kappa shape index (κ3) is 3.20. The Morgan fingerprint density at radius 1 is 1.24 bits per heavy atom. The lowest BCUT2D eigenvalue weighted by molar-refractivity contribution is 0.0697. The van der Waals surface area contributed by atoms with Crippen LogP contribution < -0.4 is 0 Å². The number of oxazole rings is 1. The van der Waals surface area contributed by atoms with E-state index in [9.17, 15) is 4.79 Å². The summed E-state index contributed by atoms with van der Waals surface area (Å²) in [5.41, 5.74) is 2.71. The van der Waals surface area contributed by atoms with Crippen molar-refractivity contribution in [3.05, 3.63) is 58.6 Å².